The first-order valence-corrected chi connectivity index (χ1v) is 4.81. The van der Waals surface area contributed by atoms with Gasteiger partial charge in [0, 0.05) is 6.20 Å². The molecule has 0 radical (unpaired) electrons. The number of carboxylic acid groups (broad SMARTS) is 1. The molecule has 0 aliphatic heterocycles. The summed E-state index contributed by atoms with van der Waals surface area (Å²) in [5.74, 6) is -0.837. The molecule has 80 valence electrons. The predicted molar refractivity (Wildman–Crippen MR) is 63.4 cm³/mol. The molecule has 0 aliphatic rings. The first kappa shape index (κ1) is 12.8. The number of pyridine rings is 1. The molecule has 5 heteroatoms. The van der Waals surface area contributed by atoms with Crippen molar-refractivity contribution in [3.05, 3.63) is 35.8 Å². The summed E-state index contributed by atoms with van der Waals surface area (Å²) in [6, 6.07) is 5.52. The molecule has 0 atom stereocenters. The molecule has 0 spiro atoms. The van der Waals surface area contributed by atoms with Gasteiger partial charge in [-0.1, -0.05) is 19.9 Å². The van der Waals surface area contributed by atoms with Crippen LogP contribution >= 0.6 is 0 Å². The quantitative estimate of drug-likeness (QED) is 0.767. The van der Waals surface area contributed by atoms with Crippen molar-refractivity contribution >= 4 is 30.5 Å². The van der Waals surface area contributed by atoms with Gasteiger partial charge in [0.1, 0.15) is 5.65 Å². The van der Waals surface area contributed by atoms with Gasteiger partial charge in [0.15, 0.2) is 5.69 Å². The van der Waals surface area contributed by atoms with Gasteiger partial charge in [-0.05, 0) is 18.1 Å². The normalized spacial score (nSPS) is 10.4. The Labute approximate surface area is 105 Å². The summed E-state index contributed by atoms with van der Waals surface area (Å²) in [6.07, 6.45) is 1.84. The number of hydrogen-bond acceptors (Lipinski definition) is 2. The van der Waals surface area contributed by atoms with E-state index in [0.717, 1.165) is 5.69 Å². The van der Waals surface area contributed by atoms with E-state index in [0.29, 0.717) is 5.65 Å². The number of imidazole rings is 1. The van der Waals surface area contributed by atoms with Crippen molar-refractivity contribution in [2.24, 2.45) is 0 Å². The molecule has 2 rings (SSSR count). The van der Waals surface area contributed by atoms with E-state index in [1.807, 2.05) is 36.6 Å². The number of aromatic nitrogens is 2. The molecule has 0 saturated heterocycles. The van der Waals surface area contributed by atoms with Crippen molar-refractivity contribution in [2.45, 2.75) is 19.8 Å². The minimum absolute atomic E-state index is 0. The van der Waals surface area contributed by atoms with Crippen LogP contribution in [0.3, 0.4) is 0 Å². The number of hydrogen-bond donors (Lipinski definition) is 1. The van der Waals surface area contributed by atoms with Crippen LogP contribution in [0.4, 0.5) is 0 Å². The first-order valence-electron chi connectivity index (χ1n) is 4.81. The van der Waals surface area contributed by atoms with Gasteiger partial charge in [0.2, 0.25) is 0 Å². The van der Waals surface area contributed by atoms with Crippen LogP contribution in [0.15, 0.2) is 24.4 Å². The molecular formula is C11H13LiN2O2. The van der Waals surface area contributed by atoms with Gasteiger partial charge in [-0.3, -0.25) is 0 Å². The van der Waals surface area contributed by atoms with E-state index in [9.17, 15) is 4.79 Å². The molecule has 16 heavy (non-hydrogen) atoms. The SMILES string of the molecule is CC(C)c1c(C(=O)O)nc2ccccn12.[LiH]. The Bertz CT molecular complexity index is 520. The summed E-state index contributed by atoms with van der Waals surface area (Å²) in [6.45, 7) is 3.92. The van der Waals surface area contributed by atoms with Gasteiger partial charge in [-0.15, -0.1) is 0 Å². The van der Waals surface area contributed by atoms with Crippen LogP contribution < -0.4 is 0 Å². The number of nitrogens with zero attached hydrogens (tertiary/aromatic N) is 2. The summed E-state index contributed by atoms with van der Waals surface area (Å²) < 4.78 is 1.83. The van der Waals surface area contributed by atoms with E-state index in [2.05, 4.69) is 4.98 Å². The third-order valence-corrected chi connectivity index (χ3v) is 2.32. The number of rotatable bonds is 2. The van der Waals surface area contributed by atoms with E-state index >= 15 is 0 Å². The monoisotopic (exact) mass is 212 g/mol. The summed E-state index contributed by atoms with van der Waals surface area (Å²) in [5.41, 5.74) is 1.58. The van der Waals surface area contributed by atoms with Gasteiger partial charge in [0.25, 0.3) is 0 Å². The van der Waals surface area contributed by atoms with Gasteiger partial charge in [-0.25, -0.2) is 9.78 Å². The fraction of sp³-hybridized carbons (Fsp3) is 0.273. The standard InChI is InChI=1S/C11H12N2O2.Li.H/c1-7(2)10-9(11(14)15)12-8-5-3-4-6-13(8)10;;/h3-7H,1-2H3,(H,14,15);;. The maximum atomic E-state index is 11.0. The molecule has 0 aliphatic carbocycles. The molecule has 2 heterocycles. The van der Waals surface area contributed by atoms with E-state index < -0.39 is 5.97 Å². The number of carboxylic acids is 1. The average Bonchev–Trinajstić information content (AvgIpc) is 2.56. The van der Waals surface area contributed by atoms with Crippen LogP contribution in [-0.4, -0.2) is 39.3 Å². The van der Waals surface area contributed by atoms with Crippen LogP contribution in [0.25, 0.3) is 5.65 Å². The Hall–Kier alpha value is -1.24. The zero-order valence-corrected chi connectivity index (χ0v) is 8.64. The second kappa shape index (κ2) is 4.73. The fourth-order valence-corrected chi connectivity index (χ4v) is 1.72. The predicted octanol–water partition coefficient (Wildman–Crippen LogP) is 1.51. The summed E-state index contributed by atoms with van der Waals surface area (Å²) in [7, 11) is 0. The topological polar surface area (TPSA) is 54.6 Å². The van der Waals surface area contributed by atoms with Crippen molar-refractivity contribution in [3.8, 4) is 0 Å². The molecular weight excluding hydrogens is 199 g/mol. The van der Waals surface area contributed by atoms with Crippen molar-refractivity contribution in [2.75, 3.05) is 0 Å². The first-order chi connectivity index (χ1) is 7.11. The van der Waals surface area contributed by atoms with Crippen LogP contribution in [0.2, 0.25) is 0 Å². The van der Waals surface area contributed by atoms with Crippen LogP contribution in [0.5, 0.6) is 0 Å². The molecule has 0 aromatic carbocycles. The molecule has 0 fully saturated rings. The Morgan fingerprint density at radius 2 is 2.12 bits per heavy atom. The second-order valence-corrected chi connectivity index (χ2v) is 3.73. The van der Waals surface area contributed by atoms with Crippen molar-refractivity contribution < 1.29 is 9.90 Å². The van der Waals surface area contributed by atoms with Crippen LogP contribution in [-0.2, 0) is 0 Å². The Balaban J connectivity index is 0.00000128. The van der Waals surface area contributed by atoms with Crippen molar-refractivity contribution in [1.29, 1.82) is 0 Å². The molecule has 0 unspecified atom stereocenters. The zero-order chi connectivity index (χ0) is 11.0. The minimum atomic E-state index is -0.970. The third kappa shape index (κ3) is 1.99. The Kier molecular flexibility index (Phi) is 3.79. The van der Waals surface area contributed by atoms with Gasteiger partial charge < -0.3 is 9.51 Å². The van der Waals surface area contributed by atoms with Crippen molar-refractivity contribution in [3.63, 3.8) is 0 Å². The molecule has 1 N–H and O–H groups in total. The molecule has 2 aromatic rings. The van der Waals surface area contributed by atoms with Gasteiger partial charge in [0.05, 0.1) is 5.69 Å². The van der Waals surface area contributed by atoms with E-state index in [4.69, 9.17) is 5.11 Å². The summed E-state index contributed by atoms with van der Waals surface area (Å²) in [4.78, 5) is 15.1. The maximum absolute atomic E-state index is 11.0. The average molecular weight is 212 g/mol. The Morgan fingerprint density at radius 1 is 1.44 bits per heavy atom. The van der Waals surface area contributed by atoms with E-state index in [1.54, 1.807) is 6.07 Å². The Morgan fingerprint density at radius 3 is 2.69 bits per heavy atom. The number of aromatic carboxylic acids is 1. The van der Waals surface area contributed by atoms with Crippen molar-refractivity contribution in [1.82, 2.24) is 9.38 Å². The summed E-state index contributed by atoms with van der Waals surface area (Å²) >= 11 is 0. The fourth-order valence-electron chi connectivity index (χ4n) is 1.72. The van der Waals surface area contributed by atoms with Gasteiger partial charge >= 0.3 is 24.8 Å². The number of fused-ring (bicyclic) bond motifs is 1. The number of carbonyl (C=O) groups is 1. The second-order valence-electron chi connectivity index (χ2n) is 3.73. The molecule has 0 bridgehead atoms. The van der Waals surface area contributed by atoms with Crippen LogP contribution in [0.1, 0.15) is 35.9 Å². The van der Waals surface area contributed by atoms with E-state index in [-0.39, 0.29) is 30.5 Å². The van der Waals surface area contributed by atoms with Gasteiger partial charge in [-0.2, -0.15) is 0 Å². The van der Waals surface area contributed by atoms with E-state index in [1.165, 1.54) is 0 Å². The third-order valence-electron chi connectivity index (χ3n) is 2.32. The molecule has 4 nitrogen and oxygen atoms in total. The molecule has 0 saturated carbocycles. The molecule has 2 aromatic heterocycles. The van der Waals surface area contributed by atoms with Crippen LogP contribution in [0, 0.1) is 0 Å². The summed E-state index contributed by atoms with van der Waals surface area (Å²) in [5, 5.41) is 9.04. The zero-order valence-electron chi connectivity index (χ0n) is 8.64. The molecule has 0 amide bonds.